The van der Waals surface area contributed by atoms with Gasteiger partial charge in [0.2, 0.25) is 0 Å². The van der Waals surface area contributed by atoms with Crippen molar-refractivity contribution >= 4 is 5.97 Å². The van der Waals surface area contributed by atoms with E-state index < -0.39 is 0 Å². The van der Waals surface area contributed by atoms with Crippen LogP contribution in [-0.4, -0.2) is 37.1 Å². The van der Waals surface area contributed by atoms with Crippen LogP contribution in [0.5, 0.6) is 0 Å². The Morgan fingerprint density at radius 2 is 1.27 bits per heavy atom. The number of carbonyl (C=O) groups is 1. The van der Waals surface area contributed by atoms with Gasteiger partial charge in [-0.1, -0.05) is 111 Å². The average Bonchev–Trinajstić information content (AvgIpc) is 2.75. The van der Waals surface area contributed by atoms with E-state index >= 15 is 0 Å². The highest BCUT2D eigenvalue weighted by Gasteiger charge is 2.14. The molecular weight excluding hydrogens is 370 g/mol. The summed E-state index contributed by atoms with van der Waals surface area (Å²) < 4.78 is 5.37. The van der Waals surface area contributed by atoms with Crippen LogP contribution in [0, 0.1) is 5.92 Å². The molecule has 0 aromatic heterocycles. The molecule has 0 aliphatic carbocycles. The Balaban J connectivity index is 4.14. The summed E-state index contributed by atoms with van der Waals surface area (Å²) in [6, 6.07) is 0. The zero-order chi connectivity index (χ0) is 22.3. The van der Waals surface area contributed by atoms with Crippen LogP contribution in [0.4, 0.5) is 0 Å². The molecule has 0 saturated heterocycles. The highest BCUT2D eigenvalue weighted by atomic mass is 16.5. The molecule has 0 radical (unpaired) electrons. The van der Waals surface area contributed by atoms with Crippen molar-refractivity contribution in [1.82, 2.24) is 4.90 Å². The van der Waals surface area contributed by atoms with E-state index in [1.165, 1.54) is 89.9 Å². The van der Waals surface area contributed by atoms with Gasteiger partial charge in [-0.2, -0.15) is 0 Å². The molecule has 1 unspecified atom stereocenters. The minimum absolute atomic E-state index is 0.0156. The molecule has 0 saturated carbocycles. The fraction of sp³-hybridized carbons (Fsp3) is 0.963. The lowest BCUT2D eigenvalue weighted by Gasteiger charge is -2.27. The van der Waals surface area contributed by atoms with Gasteiger partial charge in [-0.05, 0) is 31.7 Å². The topological polar surface area (TPSA) is 29.5 Å². The number of esters is 1. The van der Waals surface area contributed by atoms with Crippen molar-refractivity contribution in [2.24, 2.45) is 5.92 Å². The molecule has 30 heavy (non-hydrogen) atoms. The van der Waals surface area contributed by atoms with Crippen molar-refractivity contribution in [3.05, 3.63) is 0 Å². The number of unbranched alkanes of at least 4 members (excludes halogenated alkanes) is 11. The maximum Gasteiger partial charge on any atom is 0.307 e. The van der Waals surface area contributed by atoms with Crippen LogP contribution in [0.2, 0.25) is 0 Å². The lowest BCUT2D eigenvalue weighted by atomic mass is 9.98. The predicted octanol–water partition coefficient (Wildman–Crippen LogP) is 8.16. The normalized spacial score (nSPS) is 12.4. The lowest BCUT2D eigenvalue weighted by Crippen LogP contribution is -2.33. The van der Waals surface area contributed by atoms with E-state index in [-0.39, 0.29) is 5.97 Å². The first-order valence-corrected chi connectivity index (χ1v) is 13.6. The van der Waals surface area contributed by atoms with Crippen LogP contribution in [0.1, 0.15) is 137 Å². The summed E-state index contributed by atoms with van der Waals surface area (Å²) in [5, 5.41) is 0. The molecule has 0 aromatic rings. The number of ether oxygens (including phenoxy) is 1. The molecular formula is C27H55NO2. The monoisotopic (exact) mass is 425 g/mol. The molecule has 0 amide bonds. The van der Waals surface area contributed by atoms with Crippen LogP contribution in [0.3, 0.4) is 0 Å². The molecule has 0 rings (SSSR count). The summed E-state index contributed by atoms with van der Waals surface area (Å²) in [5.74, 6) is 0.752. The molecule has 3 nitrogen and oxygen atoms in total. The van der Waals surface area contributed by atoms with Gasteiger partial charge < -0.3 is 9.64 Å². The lowest BCUT2D eigenvalue weighted by molar-refractivity contribution is -0.144. The van der Waals surface area contributed by atoms with Gasteiger partial charge in [-0.3, -0.25) is 4.79 Å². The highest BCUT2D eigenvalue weighted by molar-refractivity contribution is 5.69. The Bertz CT molecular complexity index is 359. The number of nitrogens with zero attached hydrogens (tertiary/aromatic N) is 1. The first-order chi connectivity index (χ1) is 14.7. The third-order valence-corrected chi connectivity index (χ3v) is 6.28. The summed E-state index contributed by atoms with van der Waals surface area (Å²) in [5.41, 5.74) is 0. The molecule has 0 aliphatic heterocycles. The largest absolute Gasteiger partial charge is 0.466 e. The second kappa shape index (κ2) is 23.1. The van der Waals surface area contributed by atoms with Crippen LogP contribution in [-0.2, 0) is 9.53 Å². The van der Waals surface area contributed by atoms with Crippen molar-refractivity contribution in [2.45, 2.75) is 137 Å². The molecule has 0 bridgehead atoms. The van der Waals surface area contributed by atoms with Gasteiger partial charge in [0.25, 0.3) is 0 Å². The van der Waals surface area contributed by atoms with Crippen molar-refractivity contribution in [2.75, 3.05) is 26.2 Å². The maximum absolute atomic E-state index is 12.0. The SMILES string of the molecule is CCCCCCCCCCCCN(CCC(=O)OCCCC)CC(CC)CCCC. The van der Waals surface area contributed by atoms with E-state index in [0.717, 1.165) is 38.4 Å². The zero-order valence-corrected chi connectivity index (χ0v) is 21.2. The van der Waals surface area contributed by atoms with Gasteiger partial charge in [0.15, 0.2) is 0 Å². The van der Waals surface area contributed by atoms with Gasteiger partial charge in [-0.15, -0.1) is 0 Å². The molecule has 0 aromatic carbocycles. The molecule has 0 fully saturated rings. The molecule has 3 heteroatoms. The Morgan fingerprint density at radius 3 is 1.83 bits per heavy atom. The molecule has 0 N–H and O–H groups in total. The highest BCUT2D eigenvalue weighted by Crippen LogP contribution is 2.16. The van der Waals surface area contributed by atoms with Crippen LogP contribution >= 0.6 is 0 Å². The average molecular weight is 426 g/mol. The van der Waals surface area contributed by atoms with E-state index in [1.807, 2.05) is 0 Å². The van der Waals surface area contributed by atoms with Gasteiger partial charge in [-0.25, -0.2) is 0 Å². The first-order valence-electron chi connectivity index (χ1n) is 13.6. The minimum Gasteiger partial charge on any atom is -0.466 e. The van der Waals surface area contributed by atoms with Crippen LogP contribution < -0.4 is 0 Å². The Morgan fingerprint density at radius 1 is 0.700 bits per heavy atom. The maximum atomic E-state index is 12.0. The third kappa shape index (κ3) is 19.4. The quantitative estimate of drug-likeness (QED) is 0.122. The molecule has 0 heterocycles. The van der Waals surface area contributed by atoms with Gasteiger partial charge >= 0.3 is 5.97 Å². The van der Waals surface area contributed by atoms with Gasteiger partial charge in [0, 0.05) is 13.1 Å². The molecule has 1 atom stereocenters. The van der Waals surface area contributed by atoms with Gasteiger partial charge in [0.05, 0.1) is 13.0 Å². The van der Waals surface area contributed by atoms with Crippen molar-refractivity contribution < 1.29 is 9.53 Å². The number of hydrogen-bond acceptors (Lipinski definition) is 3. The zero-order valence-electron chi connectivity index (χ0n) is 21.2. The predicted molar refractivity (Wildman–Crippen MR) is 132 cm³/mol. The standard InChI is InChI=1S/C27H55NO2/c1-5-9-12-13-14-15-16-17-18-19-22-28(25-26(8-4)20-10-6-2)23-21-27(29)30-24-11-7-3/h26H,5-25H2,1-4H3. The summed E-state index contributed by atoms with van der Waals surface area (Å²) >= 11 is 0. The minimum atomic E-state index is -0.0156. The van der Waals surface area contributed by atoms with Gasteiger partial charge in [0.1, 0.15) is 0 Å². The third-order valence-electron chi connectivity index (χ3n) is 6.28. The van der Waals surface area contributed by atoms with E-state index in [0.29, 0.717) is 13.0 Å². The first kappa shape index (κ1) is 29.4. The van der Waals surface area contributed by atoms with E-state index in [2.05, 4.69) is 32.6 Å². The van der Waals surface area contributed by atoms with E-state index in [1.54, 1.807) is 0 Å². The number of carbonyl (C=O) groups excluding carboxylic acids is 1. The summed E-state index contributed by atoms with van der Waals surface area (Å²) in [4.78, 5) is 14.6. The Hall–Kier alpha value is -0.570. The molecule has 0 spiro atoms. The Kier molecular flexibility index (Phi) is 22.7. The van der Waals surface area contributed by atoms with E-state index in [9.17, 15) is 4.79 Å². The molecule has 0 aliphatic rings. The summed E-state index contributed by atoms with van der Waals surface area (Å²) in [6.45, 7) is 12.7. The Labute approximate surface area is 189 Å². The van der Waals surface area contributed by atoms with E-state index in [4.69, 9.17) is 4.74 Å². The molecule has 180 valence electrons. The van der Waals surface area contributed by atoms with Crippen molar-refractivity contribution in [3.63, 3.8) is 0 Å². The number of hydrogen-bond donors (Lipinski definition) is 0. The second-order valence-corrected chi connectivity index (χ2v) is 9.22. The second-order valence-electron chi connectivity index (χ2n) is 9.22. The van der Waals surface area contributed by atoms with Crippen LogP contribution in [0.25, 0.3) is 0 Å². The van der Waals surface area contributed by atoms with Crippen LogP contribution in [0.15, 0.2) is 0 Å². The fourth-order valence-electron chi connectivity index (χ4n) is 4.05. The van der Waals surface area contributed by atoms with Crippen molar-refractivity contribution in [1.29, 1.82) is 0 Å². The fourth-order valence-corrected chi connectivity index (χ4v) is 4.05. The van der Waals surface area contributed by atoms with Crippen molar-refractivity contribution in [3.8, 4) is 0 Å². The smallest absolute Gasteiger partial charge is 0.307 e. The number of rotatable bonds is 23. The summed E-state index contributed by atoms with van der Waals surface area (Å²) in [6.07, 6.45) is 21.5. The summed E-state index contributed by atoms with van der Waals surface area (Å²) in [7, 11) is 0.